The maximum atomic E-state index is 11.8. The smallest absolute Gasteiger partial charge is 0.226 e. The highest BCUT2D eigenvalue weighted by molar-refractivity contribution is 7.99. The molecule has 1 aliphatic heterocycles. The van der Waals surface area contributed by atoms with Crippen LogP contribution in [0.5, 0.6) is 0 Å². The molecule has 1 saturated heterocycles. The van der Waals surface area contributed by atoms with Gasteiger partial charge < -0.3 is 10.2 Å². The number of hydrogen-bond donors (Lipinski definition) is 1. The molecule has 0 bridgehead atoms. The molecule has 4 heteroatoms. The second kappa shape index (κ2) is 5.50. The van der Waals surface area contributed by atoms with Crippen LogP contribution in [0.1, 0.15) is 6.92 Å². The van der Waals surface area contributed by atoms with Crippen LogP contribution in [0.15, 0.2) is 0 Å². The normalized spacial score (nSPS) is 20.0. The van der Waals surface area contributed by atoms with E-state index in [1.165, 1.54) is 0 Å². The van der Waals surface area contributed by atoms with Gasteiger partial charge in [0.2, 0.25) is 5.91 Å². The number of nitrogens with zero attached hydrogens (tertiary/aromatic N) is 1. The SMILES string of the molecule is CNCC(C)C(=O)N1CCSCC1. The van der Waals surface area contributed by atoms with Crippen LogP contribution in [-0.2, 0) is 4.79 Å². The third-order valence-corrected chi connectivity index (χ3v) is 3.20. The lowest BCUT2D eigenvalue weighted by Crippen LogP contribution is -2.42. The topological polar surface area (TPSA) is 32.3 Å². The van der Waals surface area contributed by atoms with Gasteiger partial charge in [-0.05, 0) is 7.05 Å². The summed E-state index contributed by atoms with van der Waals surface area (Å²) in [4.78, 5) is 13.7. The van der Waals surface area contributed by atoms with Gasteiger partial charge in [0.05, 0.1) is 0 Å². The van der Waals surface area contributed by atoms with Crippen molar-refractivity contribution in [2.45, 2.75) is 6.92 Å². The molecule has 3 nitrogen and oxygen atoms in total. The van der Waals surface area contributed by atoms with Crippen LogP contribution < -0.4 is 5.32 Å². The Morgan fingerprint density at radius 1 is 1.54 bits per heavy atom. The van der Waals surface area contributed by atoms with Gasteiger partial charge in [-0.3, -0.25) is 4.79 Å². The molecule has 0 aliphatic carbocycles. The van der Waals surface area contributed by atoms with Crippen LogP contribution in [0.3, 0.4) is 0 Å². The minimum Gasteiger partial charge on any atom is -0.341 e. The van der Waals surface area contributed by atoms with E-state index in [1.807, 2.05) is 30.6 Å². The quantitative estimate of drug-likeness (QED) is 0.720. The molecule has 1 N–H and O–H groups in total. The first kappa shape index (κ1) is 10.9. The first-order valence-corrected chi connectivity index (χ1v) is 5.92. The summed E-state index contributed by atoms with van der Waals surface area (Å²) in [6.07, 6.45) is 0. The van der Waals surface area contributed by atoms with Gasteiger partial charge in [-0.15, -0.1) is 0 Å². The van der Waals surface area contributed by atoms with Crippen molar-refractivity contribution in [1.29, 1.82) is 0 Å². The van der Waals surface area contributed by atoms with Crippen molar-refractivity contribution in [2.24, 2.45) is 5.92 Å². The van der Waals surface area contributed by atoms with Crippen LogP contribution in [0, 0.1) is 5.92 Å². The second-order valence-electron chi connectivity index (χ2n) is 3.40. The molecule has 0 aromatic heterocycles. The summed E-state index contributed by atoms with van der Waals surface area (Å²) >= 11 is 1.93. The zero-order valence-corrected chi connectivity index (χ0v) is 9.19. The Balaban J connectivity index is 2.36. The van der Waals surface area contributed by atoms with Crippen molar-refractivity contribution in [2.75, 3.05) is 38.2 Å². The van der Waals surface area contributed by atoms with Gasteiger partial charge in [0.15, 0.2) is 0 Å². The Labute approximate surface area is 84.2 Å². The van der Waals surface area contributed by atoms with E-state index in [4.69, 9.17) is 0 Å². The monoisotopic (exact) mass is 202 g/mol. The average Bonchev–Trinajstić information content (AvgIpc) is 2.18. The Hall–Kier alpha value is -0.220. The minimum absolute atomic E-state index is 0.119. The maximum Gasteiger partial charge on any atom is 0.226 e. The van der Waals surface area contributed by atoms with E-state index in [1.54, 1.807) is 0 Å². The predicted octanol–water partition coefficient (Wildman–Crippen LogP) is 0.417. The maximum absolute atomic E-state index is 11.8. The number of nitrogens with one attached hydrogen (secondary N) is 1. The summed E-state index contributed by atoms with van der Waals surface area (Å²) < 4.78 is 0. The Bertz CT molecular complexity index is 169. The molecule has 0 spiro atoms. The number of rotatable bonds is 3. The van der Waals surface area contributed by atoms with Crippen LogP contribution in [-0.4, -0.2) is 49.0 Å². The lowest BCUT2D eigenvalue weighted by atomic mass is 10.1. The Kier molecular flexibility index (Phi) is 4.59. The summed E-state index contributed by atoms with van der Waals surface area (Å²) in [7, 11) is 1.88. The predicted molar refractivity (Wildman–Crippen MR) is 57.0 cm³/mol. The third-order valence-electron chi connectivity index (χ3n) is 2.25. The van der Waals surface area contributed by atoms with E-state index in [9.17, 15) is 4.79 Å². The minimum atomic E-state index is 0.119. The molecule has 1 aliphatic rings. The highest BCUT2D eigenvalue weighted by Gasteiger charge is 2.21. The van der Waals surface area contributed by atoms with Gasteiger partial charge in [-0.1, -0.05) is 6.92 Å². The molecular weight excluding hydrogens is 184 g/mol. The van der Waals surface area contributed by atoms with Crippen LogP contribution in [0.25, 0.3) is 0 Å². The molecule has 1 fully saturated rings. The standard InChI is InChI=1S/C9H18N2OS/c1-8(7-10-2)9(12)11-3-5-13-6-4-11/h8,10H,3-7H2,1-2H3. The summed E-state index contributed by atoms with van der Waals surface area (Å²) in [5.74, 6) is 2.61. The lowest BCUT2D eigenvalue weighted by Gasteiger charge is -2.28. The van der Waals surface area contributed by atoms with E-state index in [0.717, 1.165) is 31.1 Å². The van der Waals surface area contributed by atoms with Gasteiger partial charge in [-0.25, -0.2) is 0 Å². The van der Waals surface area contributed by atoms with E-state index < -0.39 is 0 Å². The zero-order chi connectivity index (χ0) is 9.68. The van der Waals surface area contributed by atoms with Crippen molar-refractivity contribution in [3.63, 3.8) is 0 Å². The fourth-order valence-corrected chi connectivity index (χ4v) is 2.39. The van der Waals surface area contributed by atoms with Crippen molar-refractivity contribution >= 4 is 17.7 Å². The molecule has 13 heavy (non-hydrogen) atoms. The number of amides is 1. The van der Waals surface area contributed by atoms with Crippen molar-refractivity contribution < 1.29 is 4.79 Å². The van der Waals surface area contributed by atoms with Gasteiger partial charge >= 0.3 is 0 Å². The molecule has 0 aromatic carbocycles. The third kappa shape index (κ3) is 3.19. The fraction of sp³-hybridized carbons (Fsp3) is 0.889. The summed E-state index contributed by atoms with van der Waals surface area (Å²) in [5.41, 5.74) is 0. The van der Waals surface area contributed by atoms with Gasteiger partial charge in [0, 0.05) is 37.1 Å². The molecule has 0 aromatic rings. The Morgan fingerprint density at radius 3 is 2.69 bits per heavy atom. The lowest BCUT2D eigenvalue weighted by molar-refractivity contribution is -0.134. The highest BCUT2D eigenvalue weighted by atomic mass is 32.2. The second-order valence-corrected chi connectivity index (χ2v) is 4.62. The van der Waals surface area contributed by atoms with Crippen molar-refractivity contribution in [1.82, 2.24) is 10.2 Å². The number of carbonyl (C=O) groups is 1. The summed E-state index contributed by atoms with van der Waals surface area (Å²) in [5, 5.41) is 3.03. The first-order valence-electron chi connectivity index (χ1n) is 4.77. The number of thioether (sulfide) groups is 1. The zero-order valence-electron chi connectivity index (χ0n) is 8.38. The summed E-state index contributed by atoms with van der Waals surface area (Å²) in [6, 6.07) is 0. The molecule has 1 heterocycles. The van der Waals surface area contributed by atoms with Gasteiger partial charge in [-0.2, -0.15) is 11.8 Å². The number of carbonyl (C=O) groups excluding carboxylic acids is 1. The molecule has 1 amide bonds. The summed E-state index contributed by atoms with van der Waals surface area (Å²) in [6.45, 7) is 4.62. The van der Waals surface area contributed by atoms with Gasteiger partial charge in [0.1, 0.15) is 0 Å². The molecule has 1 rings (SSSR count). The average molecular weight is 202 g/mol. The van der Waals surface area contributed by atoms with Crippen LogP contribution >= 0.6 is 11.8 Å². The molecule has 0 saturated carbocycles. The van der Waals surface area contributed by atoms with E-state index in [2.05, 4.69) is 5.32 Å². The van der Waals surface area contributed by atoms with E-state index in [-0.39, 0.29) is 5.92 Å². The van der Waals surface area contributed by atoms with Crippen LogP contribution in [0.4, 0.5) is 0 Å². The van der Waals surface area contributed by atoms with E-state index >= 15 is 0 Å². The van der Waals surface area contributed by atoms with Gasteiger partial charge in [0.25, 0.3) is 0 Å². The van der Waals surface area contributed by atoms with Crippen molar-refractivity contribution in [3.05, 3.63) is 0 Å². The van der Waals surface area contributed by atoms with E-state index in [0.29, 0.717) is 5.91 Å². The molecular formula is C9H18N2OS. The van der Waals surface area contributed by atoms with Crippen LogP contribution in [0.2, 0.25) is 0 Å². The Morgan fingerprint density at radius 2 is 2.15 bits per heavy atom. The molecule has 1 unspecified atom stereocenters. The molecule has 0 radical (unpaired) electrons. The fourth-order valence-electron chi connectivity index (χ4n) is 1.49. The number of hydrogen-bond acceptors (Lipinski definition) is 3. The molecule has 76 valence electrons. The first-order chi connectivity index (χ1) is 6.25. The molecule has 1 atom stereocenters. The van der Waals surface area contributed by atoms with Crippen molar-refractivity contribution in [3.8, 4) is 0 Å². The highest BCUT2D eigenvalue weighted by Crippen LogP contribution is 2.11. The largest absolute Gasteiger partial charge is 0.341 e.